The summed E-state index contributed by atoms with van der Waals surface area (Å²) in [5.74, 6) is 0. The van der Waals surface area contributed by atoms with Crippen LogP contribution < -0.4 is 0 Å². The predicted molar refractivity (Wildman–Crippen MR) is 64.2 cm³/mol. The lowest BCUT2D eigenvalue weighted by molar-refractivity contribution is -0.0577. The highest BCUT2D eigenvalue weighted by molar-refractivity contribution is 6.04. The molecule has 0 aliphatic carbocycles. The van der Waals surface area contributed by atoms with Crippen LogP contribution in [0.1, 0.15) is 18.1 Å². The van der Waals surface area contributed by atoms with Crippen LogP contribution in [0.2, 0.25) is 0 Å². The second-order valence-corrected chi connectivity index (χ2v) is 3.80. The zero-order valence-corrected chi connectivity index (χ0v) is 9.97. The molecule has 0 radical (unpaired) electrons. The van der Waals surface area contributed by atoms with Crippen LogP contribution in [0.25, 0.3) is 5.57 Å². The van der Waals surface area contributed by atoms with E-state index in [0.717, 1.165) is 24.3 Å². The maximum absolute atomic E-state index is 12.5. The van der Waals surface area contributed by atoms with Crippen molar-refractivity contribution in [2.24, 2.45) is 4.99 Å². The van der Waals surface area contributed by atoms with E-state index in [-0.39, 0.29) is 0 Å². The van der Waals surface area contributed by atoms with Gasteiger partial charge in [0.2, 0.25) is 0 Å². The van der Waals surface area contributed by atoms with E-state index in [2.05, 4.69) is 4.99 Å². The second kappa shape index (κ2) is 5.17. The Hall–Kier alpha value is -1.58. The van der Waals surface area contributed by atoms with Gasteiger partial charge in [0.25, 0.3) is 0 Å². The average Bonchev–Trinajstić information content (AvgIpc) is 2.24. The predicted octanol–water partition coefficient (Wildman–Crippen LogP) is 4.03. The molecule has 0 bridgehead atoms. The third kappa shape index (κ3) is 3.73. The first-order chi connectivity index (χ1) is 7.84. The van der Waals surface area contributed by atoms with Gasteiger partial charge in [0.05, 0.1) is 0 Å². The van der Waals surface area contributed by atoms with Crippen LogP contribution in [0.4, 0.5) is 13.2 Å². The molecule has 0 aliphatic heterocycles. The fourth-order valence-electron chi connectivity index (χ4n) is 1.38. The number of hydrogen-bond donors (Lipinski definition) is 0. The van der Waals surface area contributed by atoms with E-state index in [1.54, 1.807) is 19.1 Å². The van der Waals surface area contributed by atoms with Crippen molar-refractivity contribution in [2.45, 2.75) is 20.0 Å². The van der Waals surface area contributed by atoms with Crippen molar-refractivity contribution in [1.82, 2.24) is 0 Å². The van der Waals surface area contributed by atoms with Crippen molar-refractivity contribution < 1.29 is 13.2 Å². The molecule has 0 saturated carbocycles. The Morgan fingerprint density at radius 3 is 2.12 bits per heavy atom. The van der Waals surface area contributed by atoms with Gasteiger partial charge in [-0.2, -0.15) is 13.2 Å². The van der Waals surface area contributed by atoms with Crippen LogP contribution >= 0.6 is 0 Å². The van der Waals surface area contributed by atoms with Crippen LogP contribution in [0, 0.1) is 6.92 Å². The molecule has 0 amide bonds. The van der Waals surface area contributed by atoms with E-state index in [4.69, 9.17) is 0 Å². The number of allylic oxidation sites excluding steroid dienone is 2. The van der Waals surface area contributed by atoms with Gasteiger partial charge in [-0.1, -0.05) is 29.8 Å². The summed E-state index contributed by atoms with van der Waals surface area (Å²) in [6.07, 6.45) is -3.34. The number of aliphatic imine (C=N–C) groups is 1. The van der Waals surface area contributed by atoms with Gasteiger partial charge < -0.3 is 0 Å². The topological polar surface area (TPSA) is 12.4 Å². The molecule has 92 valence electrons. The van der Waals surface area contributed by atoms with Crippen molar-refractivity contribution in [3.63, 3.8) is 0 Å². The molecule has 1 rings (SSSR count). The minimum Gasteiger partial charge on any atom is -0.284 e. The highest BCUT2D eigenvalue weighted by atomic mass is 19.4. The standard InChI is InChI=1S/C13H14F3N/c1-9-4-6-11(7-5-9)10(2)8-12(17-3)13(14,15)16/h4-8H,1-3H3/b10-8+,17-12?. The summed E-state index contributed by atoms with van der Waals surface area (Å²) in [6, 6.07) is 7.32. The number of benzene rings is 1. The Balaban J connectivity index is 3.04. The maximum Gasteiger partial charge on any atom is 0.432 e. The van der Waals surface area contributed by atoms with Gasteiger partial charge in [-0.15, -0.1) is 0 Å². The van der Waals surface area contributed by atoms with E-state index in [1.165, 1.54) is 0 Å². The van der Waals surface area contributed by atoms with Gasteiger partial charge >= 0.3 is 6.18 Å². The molecule has 1 aromatic carbocycles. The van der Waals surface area contributed by atoms with Crippen molar-refractivity contribution in [1.29, 1.82) is 0 Å². The molecule has 1 nitrogen and oxygen atoms in total. The summed E-state index contributed by atoms with van der Waals surface area (Å²) >= 11 is 0. The summed E-state index contributed by atoms with van der Waals surface area (Å²) in [5.41, 5.74) is 1.52. The van der Waals surface area contributed by atoms with E-state index >= 15 is 0 Å². The molecule has 0 unspecified atom stereocenters. The highest BCUT2D eigenvalue weighted by Gasteiger charge is 2.33. The number of aryl methyl sites for hydroxylation is 1. The number of rotatable bonds is 2. The second-order valence-electron chi connectivity index (χ2n) is 3.80. The van der Waals surface area contributed by atoms with E-state index in [0.29, 0.717) is 5.57 Å². The van der Waals surface area contributed by atoms with Crippen molar-refractivity contribution in [2.75, 3.05) is 7.05 Å². The Labute approximate surface area is 98.7 Å². The molecule has 0 aliphatic rings. The molecular weight excluding hydrogens is 227 g/mol. The molecule has 4 heteroatoms. The lowest BCUT2D eigenvalue weighted by Crippen LogP contribution is -2.20. The van der Waals surface area contributed by atoms with Crippen molar-refractivity contribution in [3.05, 3.63) is 41.5 Å². The minimum absolute atomic E-state index is 0.544. The van der Waals surface area contributed by atoms with Crippen LogP contribution in [-0.2, 0) is 0 Å². The first kappa shape index (κ1) is 13.5. The summed E-state index contributed by atoms with van der Waals surface area (Å²) in [5, 5.41) is 0. The number of nitrogens with zero attached hydrogens (tertiary/aromatic N) is 1. The summed E-state index contributed by atoms with van der Waals surface area (Å²) in [7, 11) is 1.14. The van der Waals surface area contributed by atoms with Gasteiger partial charge in [0, 0.05) is 7.05 Å². The van der Waals surface area contributed by atoms with Gasteiger partial charge in [-0.3, -0.25) is 4.99 Å². The molecule has 0 aromatic heterocycles. The van der Waals surface area contributed by atoms with Gasteiger partial charge in [0.15, 0.2) is 0 Å². The molecule has 17 heavy (non-hydrogen) atoms. The third-order valence-electron chi connectivity index (χ3n) is 2.39. The Morgan fingerprint density at radius 1 is 1.18 bits per heavy atom. The first-order valence-electron chi connectivity index (χ1n) is 5.14. The summed E-state index contributed by atoms with van der Waals surface area (Å²) < 4.78 is 37.5. The Bertz CT molecular complexity index is 439. The molecule has 0 N–H and O–H groups in total. The molecule has 0 saturated heterocycles. The number of alkyl halides is 3. The zero-order chi connectivity index (χ0) is 13.1. The molecule has 0 heterocycles. The highest BCUT2D eigenvalue weighted by Crippen LogP contribution is 2.22. The van der Waals surface area contributed by atoms with Gasteiger partial charge in [0.1, 0.15) is 5.71 Å². The molecule has 1 aromatic rings. The quantitative estimate of drug-likeness (QED) is 0.693. The molecule has 0 fully saturated rings. The van der Waals surface area contributed by atoms with Crippen LogP contribution in [0.15, 0.2) is 35.3 Å². The fourth-order valence-corrected chi connectivity index (χ4v) is 1.38. The van der Waals surface area contributed by atoms with Crippen LogP contribution in [0.3, 0.4) is 0 Å². The molecule has 0 spiro atoms. The lowest BCUT2D eigenvalue weighted by atomic mass is 10.0. The minimum atomic E-state index is -4.40. The first-order valence-corrected chi connectivity index (χ1v) is 5.14. The van der Waals surface area contributed by atoms with Gasteiger partial charge in [-0.05, 0) is 31.1 Å². The summed E-state index contributed by atoms with van der Waals surface area (Å²) in [4.78, 5) is 3.26. The van der Waals surface area contributed by atoms with Crippen LogP contribution in [0.5, 0.6) is 0 Å². The molecule has 0 atom stereocenters. The lowest BCUT2D eigenvalue weighted by Gasteiger charge is -2.08. The van der Waals surface area contributed by atoms with E-state index in [9.17, 15) is 13.2 Å². The normalized spacial score (nSPS) is 14.0. The van der Waals surface area contributed by atoms with Crippen molar-refractivity contribution >= 4 is 11.3 Å². The SMILES string of the molecule is CN=C(/C=C(\C)c1ccc(C)cc1)C(F)(F)F. The Kier molecular flexibility index (Phi) is 4.10. The third-order valence-corrected chi connectivity index (χ3v) is 2.39. The van der Waals surface area contributed by atoms with Crippen LogP contribution in [-0.4, -0.2) is 18.9 Å². The maximum atomic E-state index is 12.5. The Morgan fingerprint density at radius 2 is 1.71 bits per heavy atom. The molecular formula is C13H14F3N. The fraction of sp³-hybridized carbons (Fsp3) is 0.308. The zero-order valence-electron chi connectivity index (χ0n) is 9.97. The number of hydrogen-bond acceptors (Lipinski definition) is 1. The summed E-state index contributed by atoms with van der Waals surface area (Å²) in [6.45, 7) is 3.57. The van der Waals surface area contributed by atoms with Crippen molar-refractivity contribution in [3.8, 4) is 0 Å². The monoisotopic (exact) mass is 241 g/mol. The average molecular weight is 241 g/mol. The smallest absolute Gasteiger partial charge is 0.284 e. The van der Waals surface area contributed by atoms with E-state index in [1.807, 2.05) is 19.1 Å². The van der Waals surface area contributed by atoms with E-state index < -0.39 is 11.9 Å². The largest absolute Gasteiger partial charge is 0.432 e. The van der Waals surface area contributed by atoms with Gasteiger partial charge in [-0.25, -0.2) is 0 Å². The number of halogens is 3.